The van der Waals surface area contributed by atoms with Crippen molar-refractivity contribution in [1.29, 1.82) is 0 Å². The Morgan fingerprint density at radius 1 is 1.17 bits per heavy atom. The Hall–Kier alpha value is -4.59. The van der Waals surface area contributed by atoms with Gasteiger partial charge in [-0.25, -0.2) is 9.97 Å². The van der Waals surface area contributed by atoms with E-state index >= 15 is 0 Å². The molecule has 0 radical (unpaired) electrons. The van der Waals surface area contributed by atoms with Crippen LogP contribution in [0, 0.1) is 13.8 Å². The van der Waals surface area contributed by atoms with Gasteiger partial charge >= 0.3 is 6.18 Å². The number of amides is 1. The summed E-state index contributed by atoms with van der Waals surface area (Å²) in [5, 5.41) is 5.93. The second-order valence-electron chi connectivity index (χ2n) is 11.5. The van der Waals surface area contributed by atoms with Crippen molar-refractivity contribution >= 4 is 23.1 Å². The number of aromatic nitrogens is 4. The van der Waals surface area contributed by atoms with Crippen LogP contribution >= 0.6 is 0 Å². The predicted molar refractivity (Wildman–Crippen MR) is 171 cm³/mol. The zero-order valence-electron chi connectivity index (χ0n) is 26.6. The molecule has 5 heterocycles. The second kappa shape index (κ2) is 13.4. The van der Waals surface area contributed by atoms with Gasteiger partial charge in [0.1, 0.15) is 23.7 Å². The van der Waals surface area contributed by atoms with Crippen LogP contribution in [0.15, 0.2) is 41.6 Å². The van der Waals surface area contributed by atoms with E-state index in [9.17, 15) is 22.8 Å². The van der Waals surface area contributed by atoms with E-state index in [1.807, 2.05) is 30.4 Å². The lowest BCUT2D eigenvalue weighted by atomic mass is 10.0. The number of carbonyl (C=O) groups is 1. The fraction of sp³-hybridized carbons (Fsp3) is 0.438. The Balaban J connectivity index is 1.56. The van der Waals surface area contributed by atoms with E-state index in [0.717, 1.165) is 11.4 Å². The average Bonchev–Trinajstić information content (AvgIpc) is 3.45. The summed E-state index contributed by atoms with van der Waals surface area (Å²) in [6.07, 6.45) is 0.215. The molecule has 5 rings (SSSR count). The number of H-pyrrole nitrogens is 1. The molecule has 0 saturated carbocycles. The molecule has 1 aliphatic heterocycles. The summed E-state index contributed by atoms with van der Waals surface area (Å²) in [7, 11) is 3.24. The van der Waals surface area contributed by atoms with Gasteiger partial charge in [-0.05, 0) is 57.9 Å². The van der Waals surface area contributed by atoms with E-state index in [4.69, 9.17) is 9.72 Å². The summed E-state index contributed by atoms with van der Waals surface area (Å²) in [5.74, 6) is 1.38. The Bertz CT molecular complexity index is 1780. The molecule has 1 aliphatic rings. The van der Waals surface area contributed by atoms with Crippen LogP contribution in [-0.2, 0) is 6.54 Å². The fourth-order valence-corrected chi connectivity index (χ4v) is 6.26. The number of nitrogens with zero attached hydrogens (tertiary/aromatic N) is 5. The number of rotatable bonds is 10. The molecule has 0 atom stereocenters. The molecule has 3 N–H and O–H groups in total. The van der Waals surface area contributed by atoms with Crippen LogP contribution in [0.5, 0.6) is 5.75 Å². The Kier molecular flexibility index (Phi) is 9.56. The number of aryl methyl sites for hydroxylation is 1. The highest BCUT2D eigenvalue weighted by atomic mass is 19.4. The third-order valence-electron chi connectivity index (χ3n) is 8.48. The molecule has 246 valence electrons. The van der Waals surface area contributed by atoms with E-state index in [1.165, 1.54) is 12.0 Å². The van der Waals surface area contributed by atoms with Crippen molar-refractivity contribution in [2.24, 2.45) is 0 Å². The summed E-state index contributed by atoms with van der Waals surface area (Å²) in [6.45, 7) is 5.81. The van der Waals surface area contributed by atoms with Crippen molar-refractivity contribution in [3.63, 3.8) is 0 Å². The van der Waals surface area contributed by atoms with Crippen LogP contribution < -0.4 is 25.8 Å². The lowest BCUT2D eigenvalue weighted by molar-refractivity contribution is -0.147. The molecule has 46 heavy (non-hydrogen) atoms. The number of ether oxygens (including phenoxy) is 1. The van der Waals surface area contributed by atoms with Gasteiger partial charge in [0, 0.05) is 61.3 Å². The van der Waals surface area contributed by atoms with Gasteiger partial charge in [0.15, 0.2) is 0 Å². The number of aromatic amines is 1. The van der Waals surface area contributed by atoms with Crippen molar-refractivity contribution in [2.45, 2.75) is 52.4 Å². The second-order valence-corrected chi connectivity index (χ2v) is 11.5. The number of likely N-dealkylation sites (tertiary alicyclic amines) is 1. The monoisotopic (exact) mass is 640 g/mol. The van der Waals surface area contributed by atoms with Gasteiger partial charge < -0.3 is 25.3 Å². The van der Waals surface area contributed by atoms with Crippen LogP contribution in [0.3, 0.4) is 0 Å². The number of methoxy groups -OCH3 is 1. The summed E-state index contributed by atoms with van der Waals surface area (Å²) in [6, 6.07) is 7.14. The number of fused-ring (bicyclic) bond motifs is 1. The normalized spacial score (nSPS) is 14.4. The number of alkyl halides is 3. The molecule has 4 aromatic rings. The lowest BCUT2D eigenvalue weighted by Gasteiger charge is -2.40. The van der Waals surface area contributed by atoms with E-state index < -0.39 is 18.6 Å². The largest absolute Gasteiger partial charge is 0.496 e. The minimum atomic E-state index is -4.25. The first kappa shape index (κ1) is 32.8. The molecular weight excluding hydrogens is 601 g/mol. The number of piperidine rings is 1. The molecule has 0 spiro atoms. The van der Waals surface area contributed by atoms with Crippen molar-refractivity contribution in [3.05, 3.63) is 69.5 Å². The maximum Gasteiger partial charge on any atom is 0.401 e. The Morgan fingerprint density at radius 2 is 1.91 bits per heavy atom. The minimum Gasteiger partial charge on any atom is -0.496 e. The van der Waals surface area contributed by atoms with Gasteiger partial charge in [0.05, 0.1) is 37.0 Å². The number of anilines is 2. The van der Waals surface area contributed by atoms with Gasteiger partial charge in [-0.3, -0.25) is 18.9 Å². The summed E-state index contributed by atoms with van der Waals surface area (Å²) < 4.78 is 46.6. The first-order valence-corrected chi connectivity index (χ1v) is 15.2. The molecule has 0 aromatic carbocycles. The van der Waals surface area contributed by atoms with Crippen LogP contribution in [0.1, 0.15) is 46.9 Å². The fourth-order valence-electron chi connectivity index (χ4n) is 6.26. The van der Waals surface area contributed by atoms with Crippen molar-refractivity contribution in [3.8, 4) is 17.0 Å². The zero-order valence-corrected chi connectivity index (χ0v) is 26.6. The predicted octanol–water partition coefficient (Wildman–Crippen LogP) is 4.53. The number of carbonyl (C=O) groups excluding carboxylic acids is 1. The number of pyridine rings is 3. The SMILES string of the molecule is CCN(c1c(C)c(C(=O)NCc2c(OC)cc(C)[nH]c2=O)cc2c(-c3ccnc(NC)c3)ncn12)C1CCN(CC(F)(F)F)CC1. The van der Waals surface area contributed by atoms with Crippen LogP contribution in [0.2, 0.25) is 0 Å². The van der Waals surface area contributed by atoms with E-state index in [0.29, 0.717) is 77.6 Å². The van der Waals surface area contributed by atoms with E-state index in [2.05, 4.69) is 25.5 Å². The molecule has 0 unspecified atom stereocenters. The van der Waals surface area contributed by atoms with Crippen molar-refractivity contribution in [1.82, 2.24) is 29.6 Å². The maximum absolute atomic E-state index is 13.9. The molecule has 0 bridgehead atoms. The number of halogens is 3. The zero-order chi connectivity index (χ0) is 33.2. The van der Waals surface area contributed by atoms with Crippen molar-refractivity contribution in [2.75, 3.05) is 50.6 Å². The minimum absolute atomic E-state index is 0.0484. The van der Waals surface area contributed by atoms with Gasteiger partial charge in [-0.2, -0.15) is 13.2 Å². The third kappa shape index (κ3) is 6.81. The summed E-state index contributed by atoms with van der Waals surface area (Å²) in [4.78, 5) is 42.0. The Morgan fingerprint density at radius 3 is 2.57 bits per heavy atom. The highest BCUT2D eigenvalue weighted by Crippen LogP contribution is 2.35. The van der Waals surface area contributed by atoms with Crippen LogP contribution in [0.4, 0.5) is 24.8 Å². The first-order valence-electron chi connectivity index (χ1n) is 15.2. The summed E-state index contributed by atoms with van der Waals surface area (Å²) in [5.41, 5.74) is 3.77. The van der Waals surface area contributed by atoms with Crippen LogP contribution in [0.25, 0.3) is 16.8 Å². The topological polar surface area (TPSA) is 120 Å². The molecule has 0 aliphatic carbocycles. The molecule has 11 nitrogen and oxygen atoms in total. The van der Waals surface area contributed by atoms with Gasteiger partial charge in [0.25, 0.3) is 11.5 Å². The van der Waals surface area contributed by atoms with Gasteiger partial charge in [0.2, 0.25) is 0 Å². The Labute approximate surface area is 264 Å². The van der Waals surface area contributed by atoms with Crippen LogP contribution in [-0.4, -0.2) is 82.7 Å². The maximum atomic E-state index is 13.9. The van der Waals surface area contributed by atoms with E-state index in [1.54, 1.807) is 38.6 Å². The molecule has 14 heteroatoms. The standard InChI is InChI=1S/C32H39F3N8O3/c1-6-42(22-8-11-41(12-9-22)17-32(33,34)35)31-20(3)23(29(44)38-16-24-26(46-5)13-19(2)40-30(24)45)15-25-28(39-18-43(25)31)21-7-10-37-27(14-21)36-4/h7,10,13-15,18,22H,6,8-9,11-12,16-17H2,1-5H3,(H,36,37)(H,38,44)(H,40,45). The lowest BCUT2D eigenvalue weighted by Crippen LogP contribution is -2.48. The quantitative estimate of drug-likeness (QED) is 0.231. The first-order chi connectivity index (χ1) is 21.9. The van der Waals surface area contributed by atoms with Gasteiger partial charge in [-0.15, -0.1) is 0 Å². The number of hydrogen-bond donors (Lipinski definition) is 3. The van der Waals surface area contributed by atoms with Gasteiger partial charge in [-0.1, -0.05) is 0 Å². The smallest absolute Gasteiger partial charge is 0.401 e. The summed E-state index contributed by atoms with van der Waals surface area (Å²) >= 11 is 0. The molecule has 1 saturated heterocycles. The average molecular weight is 641 g/mol. The van der Waals surface area contributed by atoms with Crippen molar-refractivity contribution < 1.29 is 22.7 Å². The number of hydrogen-bond acceptors (Lipinski definition) is 8. The third-order valence-corrected chi connectivity index (χ3v) is 8.48. The number of nitrogens with one attached hydrogen (secondary N) is 3. The molecule has 4 aromatic heterocycles. The highest BCUT2D eigenvalue weighted by Gasteiger charge is 2.34. The molecule has 1 amide bonds. The number of imidazole rings is 1. The molecular formula is C32H39F3N8O3. The van der Waals surface area contributed by atoms with E-state index in [-0.39, 0.29) is 18.1 Å². The highest BCUT2D eigenvalue weighted by molar-refractivity contribution is 5.99. The molecule has 1 fully saturated rings.